The number of fused-ring (bicyclic) bond motifs is 1. The largest absolute Gasteiger partial charge is 0.495 e. The van der Waals surface area contributed by atoms with Gasteiger partial charge in [-0.3, -0.25) is 4.79 Å². The summed E-state index contributed by atoms with van der Waals surface area (Å²) in [4.78, 5) is 14.0. The number of anilines is 2. The van der Waals surface area contributed by atoms with Crippen LogP contribution in [0.5, 0.6) is 11.5 Å². The Morgan fingerprint density at radius 2 is 1.80 bits per heavy atom. The summed E-state index contributed by atoms with van der Waals surface area (Å²) >= 11 is 0. The van der Waals surface area contributed by atoms with E-state index in [2.05, 4.69) is 14.9 Å². The van der Waals surface area contributed by atoms with Crippen LogP contribution in [0.3, 0.4) is 0 Å². The van der Waals surface area contributed by atoms with Gasteiger partial charge < -0.3 is 19.0 Å². The Kier molecular flexibility index (Phi) is 6.94. The third-order valence-corrected chi connectivity index (χ3v) is 7.47. The number of hydrogen-bond acceptors (Lipinski definition) is 7. The molecule has 0 aliphatic heterocycles. The van der Waals surface area contributed by atoms with Gasteiger partial charge in [-0.1, -0.05) is 5.16 Å². The Balaban J connectivity index is 1.67. The molecule has 0 atom stereocenters. The molecule has 1 N–H and O–H groups in total. The van der Waals surface area contributed by atoms with Crippen molar-refractivity contribution in [2.24, 2.45) is 0 Å². The average Bonchev–Trinajstić information content (AvgIpc) is 3.42. The Morgan fingerprint density at radius 1 is 1.00 bits per heavy atom. The molecule has 0 aliphatic rings. The number of benzene rings is 3. The van der Waals surface area contributed by atoms with Gasteiger partial charge in [0, 0.05) is 35.3 Å². The lowest BCUT2D eigenvalue weighted by atomic mass is 10.0. The van der Waals surface area contributed by atoms with Crippen LogP contribution in [-0.2, 0) is 10.0 Å². The van der Waals surface area contributed by atoms with Gasteiger partial charge in [-0.05, 0) is 53.4 Å². The second kappa shape index (κ2) is 10.4. The number of alkyl halides is 2. The fourth-order valence-corrected chi connectivity index (χ4v) is 5.53. The first-order valence-corrected chi connectivity index (χ1v) is 12.7. The van der Waals surface area contributed by atoms with E-state index in [0.29, 0.717) is 21.3 Å². The highest BCUT2D eigenvalue weighted by Gasteiger charge is 2.32. The van der Waals surface area contributed by atoms with Crippen molar-refractivity contribution in [1.82, 2.24) is 10.1 Å². The summed E-state index contributed by atoms with van der Waals surface area (Å²) in [7, 11) is -3.33. The maximum absolute atomic E-state index is 15.6. The highest BCUT2D eigenvalue weighted by atomic mass is 32.2. The van der Waals surface area contributed by atoms with E-state index in [-0.39, 0.29) is 38.8 Å². The number of methoxy groups -OCH3 is 1. The molecular formula is C26H17F4N3O6S. The summed E-state index contributed by atoms with van der Waals surface area (Å²) in [6, 6.07) is 12.3. The van der Waals surface area contributed by atoms with Gasteiger partial charge in [0.25, 0.3) is 10.0 Å². The third-order valence-electron chi connectivity index (χ3n) is 5.76. The van der Waals surface area contributed by atoms with Crippen molar-refractivity contribution in [2.75, 3.05) is 11.4 Å². The Bertz CT molecular complexity index is 1880. The Morgan fingerprint density at radius 3 is 2.50 bits per heavy atom. The first-order chi connectivity index (χ1) is 19.1. The third kappa shape index (κ3) is 5.08. The zero-order valence-electron chi connectivity index (χ0n) is 20.3. The quantitative estimate of drug-likeness (QED) is 0.240. The molecule has 9 nitrogen and oxygen atoms in total. The number of nitrogens with zero attached hydrogens (tertiary/aromatic N) is 2. The number of aromatic amines is 1. The number of halogens is 4. The molecule has 0 saturated carbocycles. The molecule has 0 unspecified atom stereocenters. The van der Waals surface area contributed by atoms with Crippen LogP contribution in [0.1, 0.15) is 0 Å². The lowest BCUT2D eigenvalue weighted by molar-refractivity contribution is -0.0499. The zero-order valence-corrected chi connectivity index (χ0v) is 21.1. The smallest absolute Gasteiger partial charge is 0.387 e. The topological polar surface area (TPSA) is 115 Å². The number of rotatable bonds is 8. The van der Waals surface area contributed by atoms with Crippen LogP contribution in [0, 0.1) is 11.6 Å². The first kappa shape index (κ1) is 26.7. The van der Waals surface area contributed by atoms with Crippen molar-refractivity contribution in [3.63, 3.8) is 0 Å². The van der Waals surface area contributed by atoms with Crippen molar-refractivity contribution in [1.29, 1.82) is 0 Å². The molecule has 0 saturated heterocycles. The van der Waals surface area contributed by atoms with Crippen LogP contribution in [0.15, 0.2) is 87.2 Å². The van der Waals surface area contributed by atoms with Gasteiger partial charge in [0.1, 0.15) is 35.1 Å². The molecule has 14 heteroatoms. The first-order valence-electron chi connectivity index (χ1n) is 11.3. The maximum atomic E-state index is 15.6. The van der Waals surface area contributed by atoms with E-state index in [1.165, 1.54) is 43.5 Å². The summed E-state index contributed by atoms with van der Waals surface area (Å²) in [5.74, 6) is -2.99. The van der Waals surface area contributed by atoms with Gasteiger partial charge in [0.2, 0.25) is 5.56 Å². The zero-order chi connectivity index (χ0) is 28.6. The van der Waals surface area contributed by atoms with E-state index in [1.807, 2.05) is 0 Å². The van der Waals surface area contributed by atoms with Gasteiger partial charge in [0.15, 0.2) is 5.82 Å². The van der Waals surface area contributed by atoms with Crippen molar-refractivity contribution in [3.8, 4) is 22.6 Å². The van der Waals surface area contributed by atoms with Gasteiger partial charge in [-0.2, -0.15) is 8.78 Å². The molecule has 5 aromatic rings. The minimum absolute atomic E-state index is 0.169. The van der Waals surface area contributed by atoms with Crippen LogP contribution in [0.2, 0.25) is 0 Å². The number of hydrogen-bond donors (Lipinski definition) is 1. The fraction of sp³-hybridized carbons (Fsp3) is 0.0769. The number of ether oxygens (including phenoxy) is 2. The highest BCUT2D eigenvalue weighted by Crippen LogP contribution is 2.42. The van der Waals surface area contributed by atoms with Crippen LogP contribution in [0.25, 0.3) is 22.0 Å². The maximum Gasteiger partial charge on any atom is 0.387 e. The van der Waals surface area contributed by atoms with Gasteiger partial charge in [-0.15, -0.1) is 0 Å². The molecule has 0 aliphatic carbocycles. The minimum atomic E-state index is -4.52. The summed E-state index contributed by atoms with van der Waals surface area (Å²) in [6.07, 6.45) is 1.11. The summed E-state index contributed by atoms with van der Waals surface area (Å²) in [5, 5.41) is 4.11. The summed E-state index contributed by atoms with van der Waals surface area (Å²) in [6.45, 7) is -3.24. The molecule has 206 valence electrons. The predicted octanol–water partition coefficient (Wildman–Crippen LogP) is 5.60. The second-order valence-corrected chi connectivity index (χ2v) is 10.0. The minimum Gasteiger partial charge on any atom is -0.495 e. The molecule has 2 aromatic heterocycles. The van der Waals surface area contributed by atoms with Crippen molar-refractivity contribution in [2.45, 2.75) is 11.5 Å². The molecule has 0 bridgehead atoms. The van der Waals surface area contributed by atoms with Crippen molar-refractivity contribution >= 4 is 32.4 Å². The van der Waals surface area contributed by atoms with Gasteiger partial charge in [0.05, 0.1) is 12.0 Å². The SMILES string of the molecule is COc1cc(-c2cc(F)cc(OC(F)F)c2)c(F)cc1N(c1ccon1)S(=O)(=O)c1ccc2[nH]c(=O)ccc2c1. The summed E-state index contributed by atoms with van der Waals surface area (Å²) < 4.78 is 98.1. The number of H-pyrrole nitrogens is 1. The van der Waals surface area contributed by atoms with Crippen LogP contribution >= 0.6 is 0 Å². The normalized spacial score (nSPS) is 11.7. The molecule has 5 rings (SSSR count). The summed E-state index contributed by atoms with van der Waals surface area (Å²) in [5.41, 5.74) is -0.764. The van der Waals surface area contributed by atoms with Crippen LogP contribution in [-0.4, -0.2) is 32.3 Å². The number of pyridine rings is 1. The fourth-order valence-electron chi connectivity index (χ4n) is 4.06. The van der Waals surface area contributed by atoms with Crippen LogP contribution in [0.4, 0.5) is 29.1 Å². The van der Waals surface area contributed by atoms with Crippen molar-refractivity contribution < 1.29 is 40.0 Å². The lowest BCUT2D eigenvalue weighted by Gasteiger charge is -2.24. The van der Waals surface area contributed by atoms with Gasteiger partial charge >= 0.3 is 6.61 Å². The van der Waals surface area contributed by atoms with E-state index in [4.69, 9.17) is 9.26 Å². The number of aromatic nitrogens is 2. The Hall–Kier alpha value is -4.85. The molecule has 0 radical (unpaired) electrons. The lowest BCUT2D eigenvalue weighted by Crippen LogP contribution is -2.27. The van der Waals surface area contributed by atoms with E-state index < -0.39 is 34.0 Å². The van der Waals surface area contributed by atoms with E-state index in [0.717, 1.165) is 30.5 Å². The van der Waals surface area contributed by atoms with Gasteiger partial charge in [-0.25, -0.2) is 21.5 Å². The second-order valence-electron chi connectivity index (χ2n) is 8.26. The Labute approximate surface area is 223 Å². The molecule has 0 spiro atoms. The number of sulfonamides is 1. The predicted molar refractivity (Wildman–Crippen MR) is 135 cm³/mol. The molecule has 40 heavy (non-hydrogen) atoms. The van der Waals surface area contributed by atoms with E-state index >= 15 is 4.39 Å². The highest BCUT2D eigenvalue weighted by molar-refractivity contribution is 7.93. The molecule has 2 heterocycles. The average molecular weight is 575 g/mol. The van der Waals surface area contributed by atoms with Crippen LogP contribution < -0.4 is 19.3 Å². The molecule has 3 aromatic carbocycles. The number of nitrogens with one attached hydrogen (secondary N) is 1. The van der Waals surface area contributed by atoms with Crippen molar-refractivity contribution in [3.05, 3.63) is 95.0 Å². The standard InChI is InChI=1S/C26H17F4N3O6S/c1-37-23-12-19(15-8-16(27)11-17(9-15)39-26(29)30)20(28)13-22(23)33(24-6-7-38-32-24)40(35,36)18-3-4-21-14(10-18)2-5-25(34)31-21/h2-13,26H,1H3,(H,31,34). The van der Waals surface area contributed by atoms with E-state index in [9.17, 15) is 26.4 Å². The monoisotopic (exact) mass is 575 g/mol. The molecular weight excluding hydrogens is 558 g/mol. The van der Waals surface area contributed by atoms with E-state index in [1.54, 1.807) is 0 Å². The molecule has 0 amide bonds. The molecule has 0 fully saturated rings.